The van der Waals surface area contributed by atoms with E-state index in [0.717, 1.165) is 16.7 Å². The largest absolute Gasteiger partial charge is 0.478 e. The molecule has 188 valence electrons. The fourth-order valence-electron chi connectivity index (χ4n) is 4.85. The van der Waals surface area contributed by atoms with Gasteiger partial charge in [0.25, 0.3) is 0 Å². The molecule has 1 aliphatic heterocycles. The number of benzene rings is 4. The number of fused-ring (bicyclic) bond motifs is 2. The van der Waals surface area contributed by atoms with Crippen LogP contribution in [0.2, 0.25) is 0 Å². The molecule has 0 aromatic heterocycles. The van der Waals surface area contributed by atoms with E-state index in [1.807, 2.05) is 66.7 Å². The van der Waals surface area contributed by atoms with Crippen LogP contribution >= 0.6 is 0 Å². The van der Waals surface area contributed by atoms with E-state index in [9.17, 15) is 39.6 Å². The van der Waals surface area contributed by atoms with Gasteiger partial charge in [-0.1, -0.05) is 72.8 Å². The van der Waals surface area contributed by atoms with Crippen LogP contribution in [0.1, 0.15) is 52.6 Å². The Kier molecular flexibility index (Phi) is 5.88. The number of hydrogen-bond donors (Lipinski definition) is 4. The molecule has 0 saturated heterocycles. The van der Waals surface area contributed by atoms with Crippen molar-refractivity contribution in [2.24, 2.45) is 0 Å². The first-order chi connectivity index (χ1) is 18.2. The van der Waals surface area contributed by atoms with Crippen molar-refractivity contribution in [3.63, 3.8) is 0 Å². The molecule has 38 heavy (non-hydrogen) atoms. The lowest BCUT2D eigenvalue weighted by atomic mass is 9.83. The van der Waals surface area contributed by atoms with Gasteiger partial charge in [0.2, 0.25) is 0 Å². The number of carboxylic acid groups (broad SMARTS) is 4. The molecule has 0 amide bonds. The number of hydrogen-bond acceptors (Lipinski definition) is 5. The topological polar surface area (TPSA) is 158 Å². The summed E-state index contributed by atoms with van der Waals surface area (Å²) in [5.74, 6) is -7.53. The van der Waals surface area contributed by atoms with Crippen molar-refractivity contribution in [1.82, 2.24) is 0 Å². The Labute approximate surface area is 214 Å². The summed E-state index contributed by atoms with van der Waals surface area (Å²) in [6.07, 6.45) is -0.193. The molecule has 0 radical (unpaired) electrons. The number of ether oxygens (including phenoxy) is 1. The van der Waals surface area contributed by atoms with Crippen LogP contribution in [-0.4, -0.2) is 44.3 Å². The number of carbonyl (C=O) groups is 4. The van der Waals surface area contributed by atoms with Crippen LogP contribution < -0.4 is 4.74 Å². The summed E-state index contributed by atoms with van der Waals surface area (Å²) < 4.78 is 6.13. The molecule has 0 unspecified atom stereocenters. The van der Waals surface area contributed by atoms with E-state index in [2.05, 4.69) is 0 Å². The van der Waals surface area contributed by atoms with E-state index in [0.29, 0.717) is 11.1 Å². The van der Waals surface area contributed by atoms with Gasteiger partial charge in [0.05, 0.1) is 16.7 Å². The van der Waals surface area contributed by atoms with Gasteiger partial charge in [-0.25, -0.2) is 19.2 Å². The van der Waals surface area contributed by atoms with Gasteiger partial charge < -0.3 is 25.2 Å². The second kappa shape index (κ2) is 9.21. The van der Waals surface area contributed by atoms with Crippen molar-refractivity contribution in [1.29, 1.82) is 0 Å². The number of aromatic carboxylic acids is 4. The van der Waals surface area contributed by atoms with Crippen molar-refractivity contribution in [2.75, 3.05) is 0 Å². The fourth-order valence-corrected chi connectivity index (χ4v) is 4.85. The Morgan fingerprint density at radius 2 is 1.05 bits per heavy atom. The normalized spacial score (nSPS) is 11.6. The Hall–Kier alpha value is -5.44. The van der Waals surface area contributed by atoms with Crippen molar-refractivity contribution in [3.05, 3.63) is 106 Å². The molecule has 4 aromatic carbocycles. The first kappa shape index (κ1) is 24.3. The van der Waals surface area contributed by atoms with Crippen LogP contribution in [0.15, 0.2) is 72.8 Å². The maximum Gasteiger partial charge on any atom is 0.340 e. The summed E-state index contributed by atoms with van der Waals surface area (Å²) in [4.78, 5) is 48.7. The number of rotatable bonds is 6. The molecular formula is C29H18O9. The van der Waals surface area contributed by atoms with Gasteiger partial charge in [-0.05, 0) is 16.7 Å². The molecule has 0 fully saturated rings. The first-order valence-corrected chi connectivity index (χ1v) is 11.3. The van der Waals surface area contributed by atoms with Crippen LogP contribution in [-0.2, 0) is 6.42 Å². The molecular weight excluding hydrogens is 492 g/mol. The highest BCUT2D eigenvalue weighted by atomic mass is 16.5. The summed E-state index contributed by atoms with van der Waals surface area (Å²) in [5, 5.41) is 39.4. The summed E-state index contributed by atoms with van der Waals surface area (Å²) >= 11 is 0. The molecule has 4 N–H and O–H groups in total. The Balaban J connectivity index is 1.88. The average molecular weight is 510 g/mol. The lowest BCUT2D eigenvalue weighted by Crippen LogP contribution is -2.24. The molecule has 9 heteroatoms. The Morgan fingerprint density at radius 3 is 1.58 bits per heavy atom. The standard InChI is InChI=1S/C29H18O9/c30-26(31)20-18-13-16-11-12-17(14-7-3-1-4-8-14)19(15-9-5-2-6-10-15)24(16)38-25(18)23(29(36)37)22(28(34)35)21(20)27(32)33/h1-12H,13H2,(H,30,31)(H,32,33)(H,34,35)(H,36,37). The zero-order valence-electron chi connectivity index (χ0n) is 19.5. The molecule has 0 spiro atoms. The van der Waals surface area contributed by atoms with Crippen molar-refractivity contribution < 1.29 is 44.3 Å². The zero-order chi connectivity index (χ0) is 27.1. The predicted molar refractivity (Wildman–Crippen MR) is 134 cm³/mol. The highest BCUT2D eigenvalue weighted by Gasteiger charge is 2.39. The van der Waals surface area contributed by atoms with E-state index in [1.165, 1.54) is 0 Å². The average Bonchev–Trinajstić information content (AvgIpc) is 2.90. The summed E-state index contributed by atoms with van der Waals surface area (Å²) in [5.41, 5.74) is -0.878. The molecule has 1 aliphatic rings. The van der Waals surface area contributed by atoms with E-state index >= 15 is 0 Å². The van der Waals surface area contributed by atoms with E-state index < -0.39 is 51.9 Å². The summed E-state index contributed by atoms with van der Waals surface area (Å²) in [7, 11) is 0. The molecule has 4 aromatic rings. The minimum Gasteiger partial charge on any atom is -0.478 e. The number of carboxylic acids is 4. The lowest BCUT2D eigenvalue weighted by Gasteiger charge is -2.28. The quantitative estimate of drug-likeness (QED) is 0.231. The van der Waals surface area contributed by atoms with Crippen LogP contribution in [0.3, 0.4) is 0 Å². The monoisotopic (exact) mass is 510 g/mol. The third-order valence-corrected chi connectivity index (χ3v) is 6.37. The summed E-state index contributed by atoms with van der Waals surface area (Å²) in [6.45, 7) is 0. The van der Waals surface area contributed by atoms with E-state index in [4.69, 9.17) is 4.74 Å². The van der Waals surface area contributed by atoms with Gasteiger partial charge in [0.15, 0.2) is 0 Å². The van der Waals surface area contributed by atoms with E-state index in [1.54, 1.807) is 6.07 Å². The van der Waals surface area contributed by atoms with E-state index in [-0.39, 0.29) is 17.7 Å². The maximum absolute atomic E-state index is 12.3. The van der Waals surface area contributed by atoms with Gasteiger partial charge in [-0.3, -0.25) is 0 Å². The second-order valence-electron chi connectivity index (χ2n) is 8.52. The molecule has 0 aliphatic carbocycles. The van der Waals surface area contributed by atoms with Gasteiger partial charge in [0.1, 0.15) is 17.1 Å². The minimum absolute atomic E-state index is 0.193. The van der Waals surface area contributed by atoms with Crippen molar-refractivity contribution in [2.45, 2.75) is 6.42 Å². The third-order valence-electron chi connectivity index (χ3n) is 6.37. The molecule has 0 atom stereocenters. The van der Waals surface area contributed by atoms with Gasteiger partial charge in [0, 0.05) is 23.1 Å². The Morgan fingerprint density at radius 1 is 0.553 bits per heavy atom. The summed E-state index contributed by atoms with van der Waals surface area (Å²) in [6, 6.07) is 22.0. The van der Waals surface area contributed by atoms with Crippen molar-refractivity contribution >= 4 is 23.9 Å². The van der Waals surface area contributed by atoms with Crippen molar-refractivity contribution in [3.8, 4) is 33.8 Å². The maximum atomic E-state index is 12.3. The molecule has 9 nitrogen and oxygen atoms in total. The fraction of sp³-hybridized carbons (Fsp3) is 0.0345. The SMILES string of the molecule is O=C(O)c1c2c(c(C(=O)O)c(C(=O)O)c1C(=O)O)Oc1c(ccc(-c3ccccc3)c1-c1ccccc1)C2. The van der Waals surface area contributed by atoms with Gasteiger partial charge in [-0.15, -0.1) is 0 Å². The second-order valence-corrected chi connectivity index (χ2v) is 8.52. The molecule has 0 bridgehead atoms. The van der Waals surface area contributed by atoms with Crippen LogP contribution in [0, 0.1) is 0 Å². The van der Waals surface area contributed by atoms with Crippen LogP contribution in [0.25, 0.3) is 22.3 Å². The van der Waals surface area contributed by atoms with Crippen LogP contribution in [0.5, 0.6) is 11.5 Å². The highest BCUT2D eigenvalue weighted by molar-refractivity contribution is 6.16. The van der Waals surface area contributed by atoms with Crippen LogP contribution in [0.4, 0.5) is 0 Å². The molecule has 5 rings (SSSR count). The minimum atomic E-state index is -1.90. The zero-order valence-corrected chi connectivity index (χ0v) is 19.5. The molecule has 1 heterocycles. The smallest absolute Gasteiger partial charge is 0.340 e. The first-order valence-electron chi connectivity index (χ1n) is 11.3. The lowest BCUT2D eigenvalue weighted by molar-refractivity contribution is 0.0616. The van der Waals surface area contributed by atoms with Gasteiger partial charge in [-0.2, -0.15) is 0 Å². The highest BCUT2D eigenvalue weighted by Crippen LogP contribution is 2.50. The third kappa shape index (κ3) is 3.82. The predicted octanol–water partition coefficient (Wildman–Crippen LogP) is 5.51. The van der Waals surface area contributed by atoms with Gasteiger partial charge >= 0.3 is 23.9 Å². The Bertz CT molecular complexity index is 1660. The molecule has 0 saturated carbocycles.